The zero-order valence-corrected chi connectivity index (χ0v) is 18.6. The van der Waals surface area contributed by atoms with Crippen molar-refractivity contribution in [2.45, 2.75) is 0 Å². The molecule has 2 heterocycles. The lowest BCUT2D eigenvalue weighted by Crippen LogP contribution is -2.49. The first-order valence-electron chi connectivity index (χ1n) is 10.8. The van der Waals surface area contributed by atoms with Crippen molar-refractivity contribution < 1.29 is 9.18 Å². The fourth-order valence-corrected chi connectivity index (χ4v) is 4.34. The molecule has 1 amide bonds. The number of para-hydroxylation sites is 2. The maximum atomic E-state index is 13.6. The molecule has 7 heteroatoms. The highest BCUT2D eigenvalue weighted by molar-refractivity contribution is 6.33. The number of carbonyl (C=O) groups is 1. The normalized spacial score (nSPS) is 13.9. The van der Waals surface area contributed by atoms with Crippen molar-refractivity contribution in [2.75, 3.05) is 31.1 Å². The summed E-state index contributed by atoms with van der Waals surface area (Å²) in [6.45, 7) is 2.55. The van der Waals surface area contributed by atoms with Crippen LogP contribution in [0.5, 0.6) is 0 Å². The summed E-state index contributed by atoms with van der Waals surface area (Å²) in [4.78, 5) is 17.6. The second-order valence-corrected chi connectivity index (χ2v) is 8.31. The number of piperazine rings is 1. The fraction of sp³-hybridized carbons (Fsp3) is 0.154. The van der Waals surface area contributed by atoms with E-state index in [0.29, 0.717) is 42.6 Å². The average Bonchev–Trinajstić information content (AvgIpc) is 3.31. The number of amides is 1. The molecule has 4 aromatic rings. The van der Waals surface area contributed by atoms with Crippen LogP contribution in [0.4, 0.5) is 10.1 Å². The van der Waals surface area contributed by atoms with Crippen LogP contribution in [0.3, 0.4) is 0 Å². The van der Waals surface area contributed by atoms with E-state index in [1.807, 2.05) is 59.5 Å². The third-order valence-corrected chi connectivity index (χ3v) is 6.15. The molecule has 33 heavy (non-hydrogen) atoms. The van der Waals surface area contributed by atoms with Crippen LogP contribution in [-0.4, -0.2) is 46.8 Å². The molecular weight excluding hydrogens is 439 g/mol. The van der Waals surface area contributed by atoms with Crippen molar-refractivity contribution in [1.82, 2.24) is 14.7 Å². The number of hydrogen-bond donors (Lipinski definition) is 0. The van der Waals surface area contributed by atoms with E-state index in [2.05, 4.69) is 10.00 Å². The van der Waals surface area contributed by atoms with Crippen LogP contribution in [0.25, 0.3) is 16.9 Å². The molecule has 0 spiro atoms. The van der Waals surface area contributed by atoms with Gasteiger partial charge in [-0.1, -0.05) is 41.9 Å². The molecule has 1 aromatic heterocycles. The van der Waals surface area contributed by atoms with Gasteiger partial charge in [0, 0.05) is 31.7 Å². The smallest absolute Gasteiger partial charge is 0.272 e. The molecular formula is C26H22ClFN4O. The molecule has 0 atom stereocenters. The van der Waals surface area contributed by atoms with E-state index in [9.17, 15) is 9.18 Å². The summed E-state index contributed by atoms with van der Waals surface area (Å²) in [5.41, 5.74) is 3.63. The van der Waals surface area contributed by atoms with E-state index in [0.717, 1.165) is 16.9 Å². The Kier molecular flexibility index (Phi) is 5.84. The molecule has 0 N–H and O–H groups in total. The predicted molar refractivity (Wildman–Crippen MR) is 129 cm³/mol. The number of benzene rings is 3. The van der Waals surface area contributed by atoms with Crippen LogP contribution in [0.15, 0.2) is 84.9 Å². The van der Waals surface area contributed by atoms with E-state index in [4.69, 9.17) is 11.6 Å². The minimum absolute atomic E-state index is 0.0847. The van der Waals surface area contributed by atoms with Crippen LogP contribution < -0.4 is 4.90 Å². The number of nitrogens with zero attached hydrogens (tertiary/aromatic N) is 4. The number of rotatable bonds is 4. The standard InChI is InChI=1S/C26H22ClFN4O/c27-22-8-4-5-9-24(22)30-14-16-31(17-15-30)26(33)25-18-23(19-10-12-20(28)13-11-19)29-32(25)21-6-2-1-3-7-21/h1-13,18H,14-17H2. The predicted octanol–water partition coefficient (Wildman–Crippen LogP) is 5.29. The number of aromatic nitrogens is 2. The molecule has 0 aliphatic carbocycles. The first-order chi connectivity index (χ1) is 16.1. The highest BCUT2D eigenvalue weighted by Crippen LogP contribution is 2.27. The van der Waals surface area contributed by atoms with Gasteiger partial charge in [-0.25, -0.2) is 9.07 Å². The molecule has 166 valence electrons. The lowest BCUT2D eigenvalue weighted by atomic mass is 10.1. The van der Waals surface area contributed by atoms with Crippen molar-refractivity contribution >= 4 is 23.2 Å². The van der Waals surface area contributed by atoms with Crippen molar-refractivity contribution in [3.63, 3.8) is 0 Å². The third kappa shape index (κ3) is 4.34. The SMILES string of the molecule is O=C(c1cc(-c2ccc(F)cc2)nn1-c1ccccc1)N1CCN(c2ccccc2Cl)CC1. The molecule has 0 radical (unpaired) electrons. The molecule has 0 unspecified atom stereocenters. The van der Waals surface area contributed by atoms with Gasteiger partial charge in [-0.2, -0.15) is 5.10 Å². The molecule has 5 nitrogen and oxygen atoms in total. The number of halogens is 2. The molecule has 3 aromatic carbocycles. The van der Waals surface area contributed by atoms with Gasteiger partial charge in [0.1, 0.15) is 11.5 Å². The zero-order valence-electron chi connectivity index (χ0n) is 17.9. The van der Waals surface area contributed by atoms with Crippen molar-refractivity contribution in [3.8, 4) is 16.9 Å². The van der Waals surface area contributed by atoms with Gasteiger partial charge in [0.2, 0.25) is 0 Å². The lowest BCUT2D eigenvalue weighted by molar-refractivity contribution is 0.0737. The summed E-state index contributed by atoms with van der Waals surface area (Å²) < 4.78 is 15.1. The second-order valence-electron chi connectivity index (χ2n) is 7.90. The monoisotopic (exact) mass is 460 g/mol. The Bertz CT molecular complexity index is 1270. The summed E-state index contributed by atoms with van der Waals surface area (Å²) in [5, 5.41) is 5.40. The number of anilines is 1. The number of carbonyl (C=O) groups excluding carboxylic acids is 1. The zero-order chi connectivity index (χ0) is 22.8. The fourth-order valence-electron chi connectivity index (χ4n) is 4.08. The van der Waals surface area contributed by atoms with Crippen LogP contribution in [0.2, 0.25) is 5.02 Å². The van der Waals surface area contributed by atoms with E-state index in [-0.39, 0.29) is 11.7 Å². The quantitative estimate of drug-likeness (QED) is 0.415. The number of hydrogen-bond acceptors (Lipinski definition) is 3. The Morgan fingerprint density at radius 2 is 1.52 bits per heavy atom. The maximum Gasteiger partial charge on any atom is 0.272 e. The molecule has 5 rings (SSSR count). The molecule has 1 aliphatic rings. The highest BCUT2D eigenvalue weighted by atomic mass is 35.5. The Labute approximate surface area is 196 Å². The minimum Gasteiger partial charge on any atom is -0.367 e. The Morgan fingerprint density at radius 3 is 2.21 bits per heavy atom. The van der Waals surface area contributed by atoms with Crippen molar-refractivity contribution in [1.29, 1.82) is 0 Å². The molecule has 0 saturated carbocycles. The molecule has 1 aliphatic heterocycles. The molecule has 1 fully saturated rings. The largest absolute Gasteiger partial charge is 0.367 e. The second kappa shape index (κ2) is 9.08. The van der Waals surface area contributed by atoms with E-state index >= 15 is 0 Å². The summed E-state index contributed by atoms with van der Waals surface area (Å²) >= 11 is 6.35. The van der Waals surface area contributed by atoms with E-state index < -0.39 is 0 Å². The van der Waals surface area contributed by atoms with Gasteiger partial charge in [0.05, 0.1) is 22.1 Å². The van der Waals surface area contributed by atoms with Crippen LogP contribution >= 0.6 is 11.6 Å². The van der Waals surface area contributed by atoms with Gasteiger partial charge in [0.25, 0.3) is 5.91 Å². The minimum atomic E-state index is -0.311. The first kappa shape index (κ1) is 21.2. The Balaban J connectivity index is 1.42. The highest BCUT2D eigenvalue weighted by Gasteiger charge is 2.27. The van der Waals surface area contributed by atoms with Crippen molar-refractivity contribution in [2.24, 2.45) is 0 Å². The Hall–Kier alpha value is -3.64. The van der Waals surface area contributed by atoms with E-state index in [1.165, 1.54) is 12.1 Å². The van der Waals surface area contributed by atoms with Gasteiger partial charge in [0.15, 0.2) is 0 Å². The van der Waals surface area contributed by atoms with Crippen LogP contribution in [-0.2, 0) is 0 Å². The van der Waals surface area contributed by atoms with Gasteiger partial charge >= 0.3 is 0 Å². The van der Waals surface area contributed by atoms with E-state index in [1.54, 1.807) is 22.9 Å². The van der Waals surface area contributed by atoms with Crippen molar-refractivity contribution in [3.05, 3.63) is 101 Å². The van der Waals surface area contributed by atoms with Crippen LogP contribution in [0.1, 0.15) is 10.5 Å². The molecule has 0 bridgehead atoms. The summed E-state index contributed by atoms with van der Waals surface area (Å²) in [6.07, 6.45) is 0. The maximum absolute atomic E-state index is 13.6. The van der Waals surface area contributed by atoms with Gasteiger partial charge in [-0.3, -0.25) is 4.79 Å². The summed E-state index contributed by atoms with van der Waals surface area (Å²) in [5.74, 6) is -0.396. The van der Waals surface area contributed by atoms with Gasteiger partial charge in [-0.05, 0) is 54.6 Å². The van der Waals surface area contributed by atoms with Crippen LogP contribution in [0, 0.1) is 5.82 Å². The third-order valence-electron chi connectivity index (χ3n) is 5.83. The first-order valence-corrected chi connectivity index (χ1v) is 11.2. The average molecular weight is 461 g/mol. The van der Waals surface area contributed by atoms with Gasteiger partial charge < -0.3 is 9.80 Å². The lowest BCUT2D eigenvalue weighted by Gasteiger charge is -2.36. The summed E-state index contributed by atoms with van der Waals surface area (Å²) in [7, 11) is 0. The topological polar surface area (TPSA) is 41.4 Å². The summed E-state index contributed by atoms with van der Waals surface area (Å²) in [6, 6.07) is 25.2. The molecule has 1 saturated heterocycles. The van der Waals surface area contributed by atoms with Gasteiger partial charge in [-0.15, -0.1) is 0 Å². The Morgan fingerprint density at radius 1 is 0.848 bits per heavy atom.